The van der Waals surface area contributed by atoms with Crippen LogP contribution in [0.4, 0.5) is 0 Å². The SMILES string of the molecule is CCC(CC)(CC)CNCc1ccncc1. The molecule has 1 aromatic rings. The summed E-state index contributed by atoms with van der Waals surface area (Å²) in [7, 11) is 0. The molecule has 0 amide bonds. The largest absolute Gasteiger partial charge is 0.312 e. The first-order valence-corrected chi connectivity index (χ1v) is 6.36. The van der Waals surface area contributed by atoms with Crippen LogP contribution in [-0.4, -0.2) is 11.5 Å². The Labute approximate surface area is 99.5 Å². The molecule has 1 N–H and O–H groups in total. The van der Waals surface area contributed by atoms with Crippen molar-refractivity contribution in [1.29, 1.82) is 0 Å². The number of aromatic nitrogens is 1. The van der Waals surface area contributed by atoms with Crippen LogP contribution in [0.25, 0.3) is 0 Å². The Kier molecular flexibility index (Phi) is 5.47. The van der Waals surface area contributed by atoms with Gasteiger partial charge in [-0.3, -0.25) is 4.98 Å². The van der Waals surface area contributed by atoms with E-state index in [0.717, 1.165) is 13.1 Å². The van der Waals surface area contributed by atoms with Gasteiger partial charge in [0.1, 0.15) is 0 Å². The average Bonchev–Trinajstić information content (AvgIpc) is 2.37. The zero-order chi connectivity index (χ0) is 11.9. The van der Waals surface area contributed by atoms with E-state index in [1.54, 1.807) is 0 Å². The monoisotopic (exact) mass is 220 g/mol. The second-order valence-corrected chi connectivity index (χ2v) is 4.52. The number of pyridine rings is 1. The molecule has 16 heavy (non-hydrogen) atoms. The van der Waals surface area contributed by atoms with Crippen LogP contribution in [0.5, 0.6) is 0 Å². The van der Waals surface area contributed by atoms with Gasteiger partial charge in [0.2, 0.25) is 0 Å². The summed E-state index contributed by atoms with van der Waals surface area (Å²) in [6.45, 7) is 8.94. The third-order valence-electron chi connectivity index (χ3n) is 3.83. The maximum absolute atomic E-state index is 4.02. The van der Waals surface area contributed by atoms with E-state index >= 15 is 0 Å². The van der Waals surface area contributed by atoms with Crippen molar-refractivity contribution >= 4 is 0 Å². The minimum absolute atomic E-state index is 0.479. The molecule has 0 aromatic carbocycles. The zero-order valence-electron chi connectivity index (χ0n) is 10.8. The maximum Gasteiger partial charge on any atom is 0.0271 e. The third kappa shape index (κ3) is 3.60. The molecular weight excluding hydrogens is 196 g/mol. The van der Waals surface area contributed by atoms with Crippen LogP contribution in [0.2, 0.25) is 0 Å². The molecule has 1 aromatic heterocycles. The molecule has 0 saturated carbocycles. The third-order valence-corrected chi connectivity index (χ3v) is 3.83. The first kappa shape index (κ1) is 13.2. The van der Waals surface area contributed by atoms with E-state index in [0.29, 0.717) is 5.41 Å². The molecule has 0 aliphatic heterocycles. The number of hydrogen-bond acceptors (Lipinski definition) is 2. The van der Waals surface area contributed by atoms with Gasteiger partial charge >= 0.3 is 0 Å². The van der Waals surface area contributed by atoms with Gasteiger partial charge in [-0.25, -0.2) is 0 Å². The van der Waals surface area contributed by atoms with E-state index < -0.39 is 0 Å². The highest BCUT2D eigenvalue weighted by molar-refractivity contribution is 5.09. The predicted molar refractivity (Wildman–Crippen MR) is 69.2 cm³/mol. The topological polar surface area (TPSA) is 24.9 Å². The number of rotatable bonds is 7. The van der Waals surface area contributed by atoms with Crippen LogP contribution in [0, 0.1) is 5.41 Å². The molecule has 90 valence electrons. The van der Waals surface area contributed by atoms with Crippen molar-refractivity contribution in [2.45, 2.75) is 46.6 Å². The van der Waals surface area contributed by atoms with E-state index in [1.807, 2.05) is 12.4 Å². The first-order valence-electron chi connectivity index (χ1n) is 6.36. The van der Waals surface area contributed by atoms with E-state index in [1.165, 1.54) is 24.8 Å². The Morgan fingerprint density at radius 3 is 2.12 bits per heavy atom. The van der Waals surface area contributed by atoms with E-state index in [9.17, 15) is 0 Å². The van der Waals surface area contributed by atoms with Crippen LogP contribution >= 0.6 is 0 Å². The Hall–Kier alpha value is -0.890. The van der Waals surface area contributed by atoms with Crippen molar-refractivity contribution in [2.24, 2.45) is 5.41 Å². The summed E-state index contributed by atoms with van der Waals surface area (Å²) < 4.78 is 0. The van der Waals surface area contributed by atoms with Crippen molar-refractivity contribution in [2.75, 3.05) is 6.54 Å². The van der Waals surface area contributed by atoms with Crippen LogP contribution in [-0.2, 0) is 6.54 Å². The van der Waals surface area contributed by atoms with E-state index in [-0.39, 0.29) is 0 Å². The number of nitrogens with one attached hydrogen (secondary N) is 1. The first-order chi connectivity index (χ1) is 7.76. The highest BCUT2D eigenvalue weighted by atomic mass is 14.9. The van der Waals surface area contributed by atoms with Crippen molar-refractivity contribution < 1.29 is 0 Å². The Balaban J connectivity index is 2.39. The van der Waals surface area contributed by atoms with Crippen LogP contribution in [0.1, 0.15) is 45.6 Å². The molecule has 0 saturated heterocycles. The summed E-state index contributed by atoms with van der Waals surface area (Å²) in [5, 5.41) is 3.57. The normalized spacial score (nSPS) is 11.7. The summed E-state index contributed by atoms with van der Waals surface area (Å²) >= 11 is 0. The minimum atomic E-state index is 0.479. The fraction of sp³-hybridized carbons (Fsp3) is 0.643. The molecule has 0 atom stereocenters. The van der Waals surface area contributed by atoms with Gasteiger partial charge in [0.05, 0.1) is 0 Å². The standard InChI is InChI=1S/C14H24N2/c1-4-14(5-2,6-3)12-16-11-13-7-9-15-10-8-13/h7-10,16H,4-6,11-12H2,1-3H3. The molecule has 0 bridgehead atoms. The Bertz CT molecular complexity index is 270. The van der Waals surface area contributed by atoms with Gasteiger partial charge in [0.25, 0.3) is 0 Å². The molecule has 0 unspecified atom stereocenters. The Morgan fingerprint density at radius 2 is 1.62 bits per heavy atom. The van der Waals surface area contributed by atoms with Crippen molar-refractivity contribution in [3.63, 3.8) is 0 Å². The van der Waals surface area contributed by atoms with Crippen LogP contribution < -0.4 is 5.32 Å². The quantitative estimate of drug-likeness (QED) is 0.762. The minimum Gasteiger partial charge on any atom is -0.312 e. The van der Waals surface area contributed by atoms with Gasteiger partial charge in [0, 0.05) is 25.5 Å². The smallest absolute Gasteiger partial charge is 0.0271 e. The van der Waals surface area contributed by atoms with Gasteiger partial charge in [0.15, 0.2) is 0 Å². The molecule has 0 aliphatic carbocycles. The second kappa shape index (κ2) is 6.64. The fourth-order valence-corrected chi connectivity index (χ4v) is 2.10. The van der Waals surface area contributed by atoms with Crippen molar-refractivity contribution in [3.8, 4) is 0 Å². The van der Waals surface area contributed by atoms with Crippen molar-refractivity contribution in [1.82, 2.24) is 10.3 Å². The molecule has 2 heteroatoms. The second-order valence-electron chi connectivity index (χ2n) is 4.52. The predicted octanol–water partition coefficient (Wildman–Crippen LogP) is 3.39. The van der Waals surface area contributed by atoms with Crippen molar-refractivity contribution in [3.05, 3.63) is 30.1 Å². The zero-order valence-corrected chi connectivity index (χ0v) is 10.8. The van der Waals surface area contributed by atoms with Gasteiger partial charge < -0.3 is 5.32 Å². The average molecular weight is 220 g/mol. The van der Waals surface area contributed by atoms with Gasteiger partial charge in [-0.05, 0) is 42.4 Å². The molecule has 0 fully saturated rings. The molecule has 0 aliphatic rings. The van der Waals surface area contributed by atoms with Gasteiger partial charge in [-0.2, -0.15) is 0 Å². The van der Waals surface area contributed by atoms with Gasteiger partial charge in [-0.15, -0.1) is 0 Å². The van der Waals surface area contributed by atoms with Crippen LogP contribution in [0.15, 0.2) is 24.5 Å². The molecule has 1 heterocycles. The summed E-state index contributed by atoms with van der Waals surface area (Å²) in [6.07, 6.45) is 7.46. The lowest BCUT2D eigenvalue weighted by molar-refractivity contribution is 0.238. The lowest BCUT2D eigenvalue weighted by atomic mass is 9.80. The molecule has 0 radical (unpaired) electrons. The fourth-order valence-electron chi connectivity index (χ4n) is 2.10. The Morgan fingerprint density at radius 1 is 1.06 bits per heavy atom. The molecule has 2 nitrogen and oxygen atoms in total. The van der Waals surface area contributed by atoms with Gasteiger partial charge in [-0.1, -0.05) is 20.8 Å². The summed E-state index contributed by atoms with van der Waals surface area (Å²) in [5.41, 5.74) is 1.79. The molecule has 0 spiro atoms. The summed E-state index contributed by atoms with van der Waals surface area (Å²) in [6, 6.07) is 4.14. The maximum atomic E-state index is 4.02. The van der Waals surface area contributed by atoms with E-state index in [2.05, 4.69) is 43.2 Å². The molecular formula is C14H24N2. The lowest BCUT2D eigenvalue weighted by Gasteiger charge is -2.30. The summed E-state index contributed by atoms with van der Waals surface area (Å²) in [4.78, 5) is 4.02. The number of hydrogen-bond donors (Lipinski definition) is 1. The summed E-state index contributed by atoms with van der Waals surface area (Å²) in [5.74, 6) is 0. The highest BCUT2D eigenvalue weighted by Gasteiger charge is 2.22. The molecule has 1 rings (SSSR count). The number of nitrogens with zero attached hydrogens (tertiary/aromatic N) is 1. The lowest BCUT2D eigenvalue weighted by Crippen LogP contribution is -2.32. The van der Waals surface area contributed by atoms with E-state index in [4.69, 9.17) is 0 Å². The highest BCUT2D eigenvalue weighted by Crippen LogP contribution is 2.29. The van der Waals surface area contributed by atoms with Crippen LogP contribution in [0.3, 0.4) is 0 Å².